The lowest BCUT2D eigenvalue weighted by Gasteiger charge is -2.15. The molecule has 0 aliphatic rings. The predicted octanol–water partition coefficient (Wildman–Crippen LogP) is 1.08. The van der Waals surface area contributed by atoms with E-state index in [1.807, 2.05) is 6.92 Å². The zero-order valence-electron chi connectivity index (χ0n) is 6.68. The van der Waals surface area contributed by atoms with Crippen LogP contribution in [-0.4, -0.2) is 41.6 Å². The van der Waals surface area contributed by atoms with Crippen molar-refractivity contribution in [2.45, 2.75) is 19.4 Å². The van der Waals surface area contributed by atoms with Gasteiger partial charge in [-0.3, -0.25) is 0 Å². The first-order valence-electron chi connectivity index (χ1n) is 3.59. The number of nitrogens with zero attached hydrogens (tertiary/aromatic N) is 1. The van der Waals surface area contributed by atoms with Crippen LogP contribution in [0.4, 0.5) is 0 Å². The molecule has 1 atom stereocenters. The lowest BCUT2D eigenvalue weighted by molar-refractivity contribution is 0.166. The van der Waals surface area contributed by atoms with Crippen LogP contribution in [0, 0.1) is 0 Å². The number of hydrogen-bond donors (Lipinski definition) is 1. The molecule has 62 valence electrons. The molecule has 0 aliphatic carbocycles. The van der Waals surface area contributed by atoms with Crippen LogP contribution in [0.1, 0.15) is 13.3 Å². The monoisotopic (exact) mass is 209 g/mol. The average molecular weight is 210 g/mol. The fraction of sp³-hybridized carbons (Fsp3) is 1.00. The summed E-state index contributed by atoms with van der Waals surface area (Å²) in [7, 11) is 2.06. The predicted molar refractivity (Wildman–Crippen MR) is 47.6 cm³/mol. The van der Waals surface area contributed by atoms with E-state index in [4.69, 9.17) is 5.11 Å². The molecular weight excluding hydrogens is 194 g/mol. The summed E-state index contributed by atoms with van der Waals surface area (Å²) in [6.07, 6.45) is 0.696. The van der Waals surface area contributed by atoms with Crippen LogP contribution >= 0.6 is 15.9 Å². The van der Waals surface area contributed by atoms with Crippen molar-refractivity contribution in [3.8, 4) is 0 Å². The highest BCUT2D eigenvalue weighted by molar-refractivity contribution is 9.09. The highest BCUT2D eigenvalue weighted by Gasteiger charge is 1.99. The van der Waals surface area contributed by atoms with E-state index >= 15 is 0 Å². The molecule has 0 rings (SSSR count). The number of halogens is 1. The fourth-order valence-electron chi connectivity index (χ4n) is 0.663. The zero-order chi connectivity index (χ0) is 7.98. The third-order valence-corrected chi connectivity index (χ3v) is 1.75. The van der Waals surface area contributed by atoms with E-state index in [0.29, 0.717) is 0 Å². The Morgan fingerprint density at radius 3 is 2.50 bits per heavy atom. The van der Waals surface area contributed by atoms with Gasteiger partial charge in [0.1, 0.15) is 0 Å². The third kappa shape index (κ3) is 6.52. The second-order valence-corrected chi connectivity index (χ2v) is 3.42. The zero-order valence-corrected chi connectivity index (χ0v) is 8.26. The SMILES string of the molecule is CC(O)CCN(C)CCBr. The molecule has 0 bridgehead atoms. The molecule has 2 nitrogen and oxygen atoms in total. The van der Waals surface area contributed by atoms with Crippen LogP contribution in [0.3, 0.4) is 0 Å². The minimum atomic E-state index is -0.169. The van der Waals surface area contributed by atoms with Gasteiger partial charge in [-0.2, -0.15) is 0 Å². The average Bonchev–Trinajstić information content (AvgIpc) is 1.85. The number of alkyl halides is 1. The van der Waals surface area contributed by atoms with Gasteiger partial charge in [-0.25, -0.2) is 0 Å². The van der Waals surface area contributed by atoms with Gasteiger partial charge in [0.15, 0.2) is 0 Å². The number of hydrogen-bond acceptors (Lipinski definition) is 2. The van der Waals surface area contributed by atoms with Crippen molar-refractivity contribution in [3.05, 3.63) is 0 Å². The van der Waals surface area contributed by atoms with Gasteiger partial charge in [0.2, 0.25) is 0 Å². The van der Waals surface area contributed by atoms with Gasteiger partial charge in [0.05, 0.1) is 6.10 Å². The van der Waals surface area contributed by atoms with Crippen LogP contribution in [0.25, 0.3) is 0 Å². The molecule has 0 saturated carbocycles. The normalized spacial score (nSPS) is 14.1. The van der Waals surface area contributed by atoms with E-state index in [1.165, 1.54) is 0 Å². The molecule has 0 aromatic carbocycles. The second kappa shape index (κ2) is 6.13. The summed E-state index contributed by atoms with van der Waals surface area (Å²) in [5, 5.41) is 9.93. The molecule has 0 aromatic heterocycles. The number of aliphatic hydroxyl groups is 1. The van der Waals surface area contributed by atoms with Crippen LogP contribution in [0.15, 0.2) is 0 Å². The van der Waals surface area contributed by atoms with Crippen molar-refractivity contribution < 1.29 is 5.11 Å². The van der Waals surface area contributed by atoms with Crippen LogP contribution in [0.2, 0.25) is 0 Å². The Kier molecular flexibility index (Phi) is 6.38. The number of rotatable bonds is 5. The smallest absolute Gasteiger partial charge is 0.0524 e. The Labute approximate surface area is 71.4 Å². The fourth-order valence-corrected chi connectivity index (χ4v) is 1.27. The van der Waals surface area contributed by atoms with Crippen molar-refractivity contribution >= 4 is 15.9 Å². The first kappa shape index (κ1) is 10.4. The quantitative estimate of drug-likeness (QED) is 0.686. The third-order valence-electron chi connectivity index (χ3n) is 1.39. The maximum Gasteiger partial charge on any atom is 0.0524 e. The summed E-state index contributed by atoms with van der Waals surface area (Å²) in [5.41, 5.74) is 0. The summed E-state index contributed by atoms with van der Waals surface area (Å²) < 4.78 is 0. The van der Waals surface area contributed by atoms with E-state index in [0.717, 1.165) is 24.8 Å². The van der Waals surface area contributed by atoms with E-state index in [1.54, 1.807) is 0 Å². The molecule has 1 N–H and O–H groups in total. The summed E-state index contributed by atoms with van der Waals surface area (Å²) >= 11 is 3.35. The van der Waals surface area contributed by atoms with Crippen molar-refractivity contribution in [3.63, 3.8) is 0 Å². The minimum Gasteiger partial charge on any atom is -0.393 e. The highest BCUT2D eigenvalue weighted by Crippen LogP contribution is 1.93. The highest BCUT2D eigenvalue weighted by atomic mass is 79.9. The summed E-state index contributed by atoms with van der Waals surface area (Å²) in [4.78, 5) is 2.20. The Hall–Kier alpha value is 0.400. The summed E-state index contributed by atoms with van der Waals surface area (Å²) in [5.74, 6) is 0. The molecule has 0 amide bonds. The van der Waals surface area contributed by atoms with Gasteiger partial charge in [0, 0.05) is 18.4 Å². The molecule has 0 spiro atoms. The lowest BCUT2D eigenvalue weighted by Crippen LogP contribution is -2.24. The van der Waals surface area contributed by atoms with Crippen molar-refractivity contribution in [2.75, 3.05) is 25.5 Å². The Morgan fingerprint density at radius 2 is 2.10 bits per heavy atom. The summed E-state index contributed by atoms with van der Waals surface area (Å²) in [6, 6.07) is 0. The van der Waals surface area contributed by atoms with Gasteiger partial charge in [-0.05, 0) is 20.4 Å². The van der Waals surface area contributed by atoms with Gasteiger partial charge in [0.25, 0.3) is 0 Å². The Bertz CT molecular complexity index is 78.0. The maximum absolute atomic E-state index is 8.93. The summed E-state index contributed by atoms with van der Waals surface area (Å²) in [6.45, 7) is 3.85. The molecule has 0 heterocycles. The molecule has 0 aliphatic heterocycles. The Morgan fingerprint density at radius 1 is 1.50 bits per heavy atom. The van der Waals surface area contributed by atoms with E-state index < -0.39 is 0 Å². The first-order chi connectivity index (χ1) is 4.66. The topological polar surface area (TPSA) is 23.5 Å². The van der Waals surface area contributed by atoms with Gasteiger partial charge in [-0.1, -0.05) is 15.9 Å². The molecule has 1 unspecified atom stereocenters. The van der Waals surface area contributed by atoms with Crippen LogP contribution in [-0.2, 0) is 0 Å². The van der Waals surface area contributed by atoms with Crippen LogP contribution < -0.4 is 0 Å². The molecule has 10 heavy (non-hydrogen) atoms. The van der Waals surface area contributed by atoms with Crippen molar-refractivity contribution in [1.82, 2.24) is 4.90 Å². The molecule has 0 saturated heterocycles. The first-order valence-corrected chi connectivity index (χ1v) is 4.71. The lowest BCUT2D eigenvalue weighted by atomic mass is 10.3. The van der Waals surface area contributed by atoms with Crippen molar-refractivity contribution in [1.29, 1.82) is 0 Å². The molecular formula is C7H16BrNO. The molecule has 0 aromatic rings. The molecule has 0 radical (unpaired) electrons. The standard InChI is InChI=1S/C7H16BrNO/c1-7(10)3-5-9(2)6-4-8/h7,10H,3-6H2,1-2H3. The van der Waals surface area contributed by atoms with Gasteiger partial charge >= 0.3 is 0 Å². The minimum absolute atomic E-state index is 0.169. The van der Waals surface area contributed by atoms with E-state index in [2.05, 4.69) is 27.9 Å². The largest absolute Gasteiger partial charge is 0.393 e. The molecule has 0 fully saturated rings. The number of aliphatic hydroxyl groups excluding tert-OH is 1. The van der Waals surface area contributed by atoms with Gasteiger partial charge < -0.3 is 10.0 Å². The van der Waals surface area contributed by atoms with E-state index in [-0.39, 0.29) is 6.10 Å². The van der Waals surface area contributed by atoms with Gasteiger partial charge in [-0.15, -0.1) is 0 Å². The Balaban J connectivity index is 3.12. The second-order valence-electron chi connectivity index (χ2n) is 2.63. The molecule has 3 heteroatoms. The van der Waals surface area contributed by atoms with Crippen LogP contribution in [0.5, 0.6) is 0 Å². The van der Waals surface area contributed by atoms with Crippen molar-refractivity contribution in [2.24, 2.45) is 0 Å². The maximum atomic E-state index is 8.93. The van der Waals surface area contributed by atoms with E-state index in [9.17, 15) is 0 Å².